The van der Waals surface area contributed by atoms with Gasteiger partial charge in [0.25, 0.3) is 0 Å². The van der Waals surface area contributed by atoms with E-state index in [1.807, 2.05) is 55.5 Å². The fourth-order valence-corrected chi connectivity index (χ4v) is 2.44. The molecule has 1 atom stereocenters. The molecule has 0 saturated heterocycles. The summed E-state index contributed by atoms with van der Waals surface area (Å²) in [6.07, 6.45) is 0. The molecule has 0 radical (unpaired) electrons. The van der Waals surface area contributed by atoms with Gasteiger partial charge in [-0.05, 0) is 71.5 Å². The average Bonchev–Trinajstić information content (AvgIpc) is 2.47. The molecule has 2 N–H and O–H groups in total. The molecule has 0 spiro atoms. The minimum absolute atomic E-state index is 0.0613. The normalized spacial score (nSPS) is 12.0. The molecule has 0 unspecified atom stereocenters. The van der Waals surface area contributed by atoms with E-state index in [4.69, 9.17) is 11.6 Å². The number of hydrogen-bond acceptors (Lipinski definition) is 2. The molecule has 0 fully saturated rings. The Labute approximate surface area is 143 Å². The summed E-state index contributed by atoms with van der Waals surface area (Å²) in [5.74, 6) is -0.0647. The first-order valence-electron chi connectivity index (χ1n) is 6.59. The van der Waals surface area contributed by atoms with Crippen molar-refractivity contribution in [3.8, 4) is 0 Å². The van der Waals surface area contributed by atoms with Gasteiger partial charge in [0.05, 0.1) is 6.54 Å². The first-order chi connectivity index (χ1) is 10.0. The third kappa shape index (κ3) is 5.30. The van der Waals surface area contributed by atoms with Gasteiger partial charge in [-0.15, -0.1) is 0 Å². The van der Waals surface area contributed by atoms with Crippen LogP contribution in [0.2, 0.25) is 5.02 Å². The van der Waals surface area contributed by atoms with Crippen LogP contribution in [-0.4, -0.2) is 12.5 Å². The molecule has 110 valence electrons. The second-order valence-corrected chi connectivity index (χ2v) is 6.39. The van der Waals surface area contributed by atoms with Crippen molar-refractivity contribution in [2.24, 2.45) is 0 Å². The molecular weight excluding hydrogens is 399 g/mol. The van der Waals surface area contributed by atoms with Gasteiger partial charge in [-0.1, -0.05) is 23.7 Å². The van der Waals surface area contributed by atoms with Crippen LogP contribution in [0, 0.1) is 3.57 Å². The molecule has 0 saturated carbocycles. The molecule has 2 aromatic rings. The number of carbonyl (C=O) groups excluding carboxylic acids is 1. The Kier molecular flexibility index (Phi) is 6.02. The van der Waals surface area contributed by atoms with E-state index in [9.17, 15) is 4.79 Å². The summed E-state index contributed by atoms with van der Waals surface area (Å²) in [6, 6.07) is 15.4. The van der Waals surface area contributed by atoms with Gasteiger partial charge >= 0.3 is 0 Å². The number of amides is 1. The maximum Gasteiger partial charge on any atom is 0.238 e. The molecule has 2 aromatic carbocycles. The van der Waals surface area contributed by atoms with Crippen molar-refractivity contribution >= 4 is 45.8 Å². The van der Waals surface area contributed by atoms with Crippen LogP contribution < -0.4 is 10.6 Å². The topological polar surface area (TPSA) is 41.1 Å². The number of anilines is 1. The number of carbonyl (C=O) groups is 1. The summed E-state index contributed by atoms with van der Waals surface area (Å²) in [6.45, 7) is 2.25. The molecular formula is C16H16ClIN2O. The van der Waals surface area contributed by atoms with Gasteiger partial charge in [0.2, 0.25) is 5.91 Å². The lowest BCUT2D eigenvalue weighted by molar-refractivity contribution is -0.115. The van der Waals surface area contributed by atoms with Crippen molar-refractivity contribution < 1.29 is 4.79 Å². The Hall–Kier alpha value is -1.11. The van der Waals surface area contributed by atoms with Crippen LogP contribution in [-0.2, 0) is 4.79 Å². The maximum absolute atomic E-state index is 11.9. The molecule has 0 aliphatic rings. The van der Waals surface area contributed by atoms with Crippen LogP contribution in [0.3, 0.4) is 0 Å². The molecule has 1 amide bonds. The quantitative estimate of drug-likeness (QED) is 0.719. The van der Waals surface area contributed by atoms with E-state index in [0.717, 1.165) is 14.8 Å². The van der Waals surface area contributed by atoms with Crippen molar-refractivity contribution in [3.05, 3.63) is 62.7 Å². The fraction of sp³-hybridized carbons (Fsp3) is 0.188. The van der Waals surface area contributed by atoms with Crippen LogP contribution in [0.4, 0.5) is 5.69 Å². The molecule has 0 heterocycles. The molecule has 5 heteroatoms. The van der Waals surface area contributed by atoms with Crippen molar-refractivity contribution in [3.63, 3.8) is 0 Å². The highest BCUT2D eigenvalue weighted by molar-refractivity contribution is 14.1. The summed E-state index contributed by atoms with van der Waals surface area (Å²) in [7, 11) is 0. The molecule has 0 bridgehead atoms. The third-order valence-electron chi connectivity index (χ3n) is 3.05. The number of benzene rings is 2. The van der Waals surface area contributed by atoms with Crippen LogP contribution in [0.15, 0.2) is 48.5 Å². The van der Waals surface area contributed by atoms with Gasteiger partial charge in [-0.3, -0.25) is 4.79 Å². The second kappa shape index (κ2) is 7.77. The smallest absolute Gasteiger partial charge is 0.238 e. The summed E-state index contributed by atoms with van der Waals surface area (Å²) >= 11 is 8.19. The highest BCUT2D eigenvalue weighted by Gasteiger charge is 2.08. The minimum atomic E-state index is -0.0647. The first-order valence-corrected chi connectivity index (χ1v) is 8.04. The zero-order valence-electron chi connectivity index (χ0n) is 11.6. The van der Waals surface area contributed by atoms with Crippen molar-refractivity contribution in [2.45, 2.75) is 13.0 Å². The number of nitrogens with one attached hydrogen (secondary N) is 2. The van der Waals surface area contributed by atoms with E-state index in [2.05, 4.69) is 33.2 Å². The predicted molar refractivity (Wildman–Crippen MR) is 95.7 cm³/mol. The molecule has 2 rings (SSSR count). The Bertz CT molecular complexity index is 616. The van der Waals surface area contributed by atoms with Gasteiger partial charge in [0, 0.05) is 20.3 Å². The fourth-order valence-electron chi connectivity index (χ4n) is 1.88. The standard InChI is InChI=1S/C16H16ClIN2O/c1-11(12-3-2-4-13(17)9-12)19-10-16(21)20-15-7-5-14(18)6-8-15/h2-9,11,19H,10H2,1H3,(H,20,21)/t11-/m1/s1. The first kappa shape index (κ1) is 16.3. The van der Waals surface area contributed by atoms with E-state index in [0.29, 0.717) is 5.02 Å². The summed E-state index contributed by atoms with van der Waals surface area (Å²) in [5.41, 5.74) is 1.86. The van der Waals surface area contributed by atoms with E-state index in [1.54, 1.807) is 0 Å². The third-order valence-corrected chi connectivity index (χ3v) is 4.00. The molecule has 0 aromatic heterocycles. The zero-order chi connectivity index (χ0) is 15.2. The predicted octanol–water partition coefficient (Wildman–Crippen LogP) is 4.23. The second-order valence-electron chi connectivity index (χ2n) is 4.71. The van der Waals surface area contributed by atoms with Crippen LogP contribution in [0.25, 0.3) is 0 Å². The van der Waals surface area contributed by atoms with Gasteiger partial charge in [-0.25, -0.2) is 0 Å². The SMILES string of the molecule is C[C@@H](NCC(=O)Nc1ccc(I)cc1)c1cccc(Cl)c1. The summed E-state index contributed by atoms with van der Waals surface area (Å²) in [4.78, 5) is 11.9. The molecule has 0 aliphatic heterocycles. The van der Waals surface area contributed by atoms with Crippen LogP contribution in [0.1, 0.15) is 18.5 Å². The Balaban J connectivity index is 1.84. The highest BCUT2D eigenvalue weighted by atomic mass is 127. The van der Waals surface area contributed by atoms with Gasteiger partial charge in [0.1, 0.15) is 0 Å². The molecule has 21 heavy (non-hydrogen) atoms. The lowest BCUT2D eigenvalue weighted by Crippen LogP contribution is -2.30. The van der Waals surface area contributed by atoms with E-state index < -0.39 is 0 Å². The zero-order valence-corrected chi connectivity index (χ0v) is 14.5. The van der Waals surface area contributed by atoms with E-state index in [-0.39, 0.29) is 18.5 Å². The maximum atomic E-state index is 11.9. The lowest BCUT2D eigenvalue weighted by Gasteiger charge is -2.14. The number of halogens is 2. The van der Waals surface area contributed by atoms with E-state index >= 15 is 0 Å². The largest absolute Gasteiger partial charge is 0.325 e. The van der Waals surface area contributed by atoms with E-state index in [1.165, 1.54) is 0 Å². The van der Waals surface area contributed by atoms with Crippen LogP contribution in [0.5, 0.6) is 0 Å². The van der Waals surface area contributed by atoms with Gasteiger partial charge in [-0.2, -0.15) is 0 Å². The Morgan fingerprint density at radius 2 is 1.95 bits per heavy atom. The van der Waals surface area contributed by atoms with Crippen molar-refractivity contribution in [1.82, 2.24) is 5.32 Å². The number of hydrogen-bond donors (Lipinski definition) is 2. The van der Waals surface area contributed by atoms with Crippen molar-refractivity contribution in [2.75, 3.05) is 11.9 Å². The molecule has 0 aliphatic carbocycles. The lowest BCUT2D eigenvalue weighted by atomic mass is 10.1. The summed E-state index contributed by atoms with van der Waals surface area (Å²) in [5, 5.41) is 6.74. The van der Waals surface area contributed by atoms with Crippen LogP contribution >= 0.6 is 34.2 Å². The van der Waals surface area contributed by atoms with Crippen molar-refractivity contribution in [1.29, 1.82) is 0 Å². The van der Waals surface area contributed by atoms with Gasteiger partial charge in [0.15, 0.2) is 0 Å². The number of rotatable bonds is 5. The average molecular weight is 415 g/mol. The Morgan fingerprint density at radius 3 is 2.62 bits per heavy atom. The Morgan fingerprint density at radius 1 is 1.24 bits per heavy atom. The summed E-state index contributed by atoms with van der Waals surface area (Å²) < 4.78 is 1.14. The highest BCUT2D eigenvalue weighted by Crippen LogP contribution is 2.17. The minimum Gasteiger partial charge on any atom is -0.325 e. The molecule has 3 nitrogen and oxygen atoms in total. The monoisotopic (exact) mass is 414 g/mol. The van der Waals surface area contributed by atoms with Gasteiger partial charge < -0.3 is 10.6 Å².